The van der Waals surface area contributed by atoms with E-state index in [4.69, 9.17) is 0 Å². The van der Waals surface area contributed by atoms with Crippen molar-refractivity contribution in [3.05, 3.63) is 34.2 Å². The number of piperidine rings is 1. The highest BCUT2D eigenvalue weighted by atomic mass is 16.2. The second kappa shape index (κ2) is 6.02. The molecule has 5 nitrogen and oxygen atoms in total. The molecule has 1 aliphatic rings. The number of aromatic nitrogens is 1. The lowest BCUT2D eigenvalue weighted by Crippen LogP contribution is -2.45. The summed E-state index contributed by atoms with van der Waals surface area (Å²) in [5, 5.41) is 0. The maximum absolute atomic E-state index is 12.2. The smallest absolute Gasteiger partial charge is 0.270 e. The van der Waals surface area contributed by atoms with Gasteiger partial charge >= 0.3 is 0 Å². The maximum atomic E-state index is 12.2. The third-order valence-electron chi connectivity index (χ3n) is 3.75. The van der Waals surface area contributed by atoms with Crippen molar-refractivity contribution < 1.29 is 4.79 Å². The molecule has 0 aliphatic carbocycles. The summed E-state index contributed by atoms with van der Waals surface area (Å²) in [6, 6.07) is 5.07. The van der Waals surface area contributed by atoms with Gasteiger partial charge in [0.25, 0.3) is 5.91 Å². The van der Waals surface area contributed by atoms with E-state index in [9.17, 15) is 9.59 Å². The SMILES string of the molecule is CN(CC1CCCCN1C)C(=O)c1cccc(=O)[nH]1. The number of likely N-dealkylation sites (N-methyl/N-ethyl adjacent to an activating group) is 2. The van der Waals surface area contributed by atoms with Crippen LogP contribution in [0.3, 0.4) is 0 Å². The van der Waals surface area contributed by atoms with Crippen LogP contribution in [0, 0.1) is 0 Å². The summed E-state index contributed by atoms with van der Waals surface area (Å²) in [6.07, 6.45) is 3.58. The molecule has 1 aliphatic heterocycles. The Bertz CT molecular complexity index is 497. The van der Waals surface area contributed by atoms with Gasteiger partial charge < -0.3 is 14.8 Å². The normalized spacial score (nSPS) is 20.2. The highest BCUT2D eigenvalue weighted by Crippen LogP contribution is 2.16. The first-order valence-corrected chi connectivity index (χ1v) is 6.73. The number of H-pyrrole nitrogens is 1. The number of pyridine rings is 1. The third-order valence-corrected chi connectivity index (χ3v) is 3.75. The predicted molar refractivity (Wildman–Crippen MR) is 74.3 cm³/mol. The van der Waals surface area contributed by atoms with E-state index in [1.165, 1.54) is 18.9 Å². The molecular formula is C14H21N3O2. The minimum absolute atomic E-state index is 0.128. The highest BCUT2D eigenvalue weighted by molar-refractivity contribution is 5.92. The van der Waals surface area contributed by atoms with E-state index in [2.05, 4.69) is 16.9 Å². The summed E-state index contributed by atoms with van der Waals surface area (Å²) in [5.41, 5.74) is 0.113. The molecule has 1 aromatic heterocycles. The van der Waals surface area contributed by atoms with Crippen molar-refractivity contribution in [2.75, 3.05) is 27.2 Å². The molecule has 1 saturated heterocycles. The van der Waals surface area contributed by atoms with E-state index < -0.39 is 0 Å². The summed E-state index contributed by atoms with van der Waals surface area (Å²) < 4.78 is 0. The number of carbonyl (C=O) groups excluding carboxylic acids is 1. The topological polar surface area (TPSA) is 56.4 Å². The zero-order valence-electron chi connectivity index (χ0n) is 11.6. The lowest BCUT2D eigenvalue weighted by molar-refractivity contribution is 0.0711. The minimum Gasteiger partial charge on any atom is -0.339 e. The largest absolute Gasteiger partial charge is 0.339 e. The monoisotopic (exact) mass is 263 g/mol. The second-order valence-electron chi connectivity index (χ2n) is 5.24. The van der Waals surface area contributed by atoms with E-state index >= 15 is 0 Å². The average Bonchev–Trinajstić information content (AvgIpc) is 2.40. The number of aromatic amines is 1. The Morgan fingerprint density at radius 3 is 2.95 bits per heavy atom. The van der Waals surface area contributed by atoms with E-state index in [1.54, 1.807) is 24.1 Å². The molecule has 2 rings (SSSR count). The van der Waals surface area contributed by atoms with Crippen LogP contribution in [0.25, 0.3) is 0 Å². The van der Waals surface area contributed by atoms with Gasteiger partial charge in [0.1, 0.15) is 5.69 Å². The molecule has 0 spiro atoms. The van der Waals surface area contributed by atoms with Crippen molar-refractivity contribution in [2.45, 2.75) is 25.3 Å². The highest BCUT2D eigenvalue weighted by Gasteiger charge is 2.22. The first kappa shape index (κ1) is 13.8. The molecule has 0 bridgehead atoms. The van der Waals surface area contributed by atoms with Crippen LogP contribution in [0.2, 0.25) is 0 Å². The van der Waals surface area contributed by atoms with Gasteiger partial charge in [-0.15, -0.1) is 0 Å². The molecule has 1 aromatic rings. The van der Waals surface area contributed by atoms with Crippen molar-refractivity contribution in [3.8, 4) is 0 Å². The number of carbonyl (C=O) groups is 1. The van der Waals surface area contributed by atoms with Crippen LogP contribution >= 0.6 is 0 Å². The van der Waals surface area contributed by atoms with Gasteiger partial charge in [0.15, 0.2) is 0 Å². The number of hydrogen-bond acceptors (Lipinski definition) is 3. The first-order chi connectivity index (χ1) is 9.08. The Hall–Kier alpha value is -1.62. The number of nitrogens with one attached hydrogen (secondary N) is 1. The van der Waals surface area contributed by atoms with Crippen LogP contribution in [0.5, 0.6) is 0 Å². The zero-order chi connectivity index (χ0) is 13.8. The molecule has 1 atom stereocenters. The van der Waals surface area contributed by atoms with Crippen molar-refractivity contribution in [3.63, 3.8) is 0 Å². The van der Waals surface area contributed by atoms with Crippen molar-refractivity contribution in [1.82, 2.24) is 14.8 Å². The summed E-state index contributed by atoms with van der Waals surface area (Å²) in [6.45, 7) is 1.79. The molecule has 19 heavy (non-hydrogen) atoms. The molecule has 1 amide bonds. The number of likely N-dealkylation sites (tertiary alicyclic amines) is 1. The predicted octanol–water partition coefficient (Wildman–Crippen LogP) is 0.931. The van der Waals surface area contributed by atoms with Crippen LogP contribution in [0.15, 0.2) is 23.0 Å². The summed E-state index contributed by atoms with van der Waals surface area (Å²) in [7, 11) is 3.89. The molecule has 0 radical (unpaired) electrons. The number of nitrogens with zero attached hydrogens (tertiary/aromatic N) is 2. The van der Waals surface area contributed by atoms with Gasteiger partial charge in [-0.1, -0.05) is 12.5 Å². The van der Waals surface area contributed by atoms with Gasteiger partial charge in [-0.2, -0.15) is 0 Å². The lowest BCUT2D eigenvalue weighted by Gasteiger charge is -2.35. The Balaban J connectivity index is 2.01. The molecule has 0 aromatic carbocycles. The minimum atomic E-state index is -0.242. The quantitative estimate of drug-likeness (QED) is 0.882. The Labute approximate surface area is 113 Å². The van der Waals surface area contributed by atoms with Gasteiger partial charge in [0.05, 0.1) is 0 Å². The van der Waals surface area contributed by atoms with Crippen LogP contribution < -0.4 is 5.56 Å². The van der Waals surface area contributed by atoms with Gasteiger partial charge in [-0.25, -0.2) is 0 Å². The number of rotatable bonds is 3. The van der Waals surface area contributed by atoms with E-state index in [-0.39, 0.29) is 11.5 Å². The van der Waals surface area contributed by atoms with Crippen molar-refractivity contribution in [1.29, 1.82) is 0 Å². The summed E-state index contributed by atoms with van der Waals surface area (Å²) in [5.74, 6) is -0.128. The van der Waals surface area contributed by atoms with Crippen LogP contribution in [-0.2, 0) is 0 Å². The standard InChI is InChI=1S/C14H21N3O2/c1-16-9-4-3-6-11(16)10-17(2)14(19)12-7-5-8-13(18)15-12/h5,7-8,11H,3-4,6,9-10H2,1-2H3,(H,15,18). The Morgan fingerprint density at radius 2 is 2.26 bits per heavy atom. The molecule has 1 fully saturated rings. The first-order valence-electron chi connectivity index (χ1n) is 6.73. The van der Waals surface area contributed by atoms with E-state index in [0.29, 0.717) is 18.3 Å². The Morgan fingerprint density at radius 1 is 1.47 bits per heavy atom. The van der Waals surface area contributed by atoms with Crippen molar-refractivity contribution >= 4 is 5.91 Å². The van der Waals surface area contributed by atoms with Crippen LogP contribution in [-0.4, -0.2) is 53.9 Å². The van der Waals surface area contributed by atoms with Gasteiger partial charge in [0.2, 0.25) is 5.56 Å². The number of amides is 1. The fourth-order valence-electron chi connectivity index (χ4n) is 2.55. The molecule has 5 heteroatoms. The molecule has 2 heterocycles. The Kier molecular flexibility index (Phi) is 4.37. The van der Waals surface area contributed by atoms with Crippen LogP contribution in [0.4, 0.5) is 0 Å². The average molecular weight is 263 g/mol. The van der Waals surface area contributed by atoms with E-state index in [1.807, 2.05) is 0 Å². The summed E-state index contributed by atoms with van der Waals surface area (Å²) in [4.78, 5) is 30.0. The summed E-state index contributed by atoms with van der Waals surface area (Å²) >= 11 is 0. The van der Waals surface area contributed by atoms with Crippen LogP contribution in [0.1, 0.15) is 29.8 Å². The van der Waals surface area contributed by atoms with Crippen molar-refractivity contribution in [2.24, 2.45) is 0 Å². The van der Waals surface area contributed by atoms with E-state index in [0.717, 1.165) is 13.0 Å². The molecule has 1 N–H and O–H groups in total. The zero-order valence-corrected chi connectivity index (χ0v) is 11.6. The molecule has 1 unspecified atom stereocenters. The lowest BCUT2D eigenvalue weighted by atomic mass is 10.0. The third kappa shape index (κ3) is 3.44. The second-order valence-corrected chi connectivity index (χ2v) is 5.24. The fraction of sp³-hybridized carbons (Fsp3) is 0.571. The van der Waals surface area contributed by atoms with Gasteiger partial charge in [-0.05, 0) is 32.5 Å². The van der Waals surface area contributed by atoms with Gasteiger partial charge in [0, 0.05) is 25.7 Å². The number of hydrogen-bond donors (Lipinski definition) is 1. The fourth-order valence-corrected chi connectivity index (χ4v) is 2.55. The maximum Gasteiger partial charge on any atom is 0.270 e. The van der Waals surface area contributed by atoms with Gasteiger partial charge in [-0.3, -0.25) is 9.59 Å². The molecular weight excluding hydrogens is 242 g/mol. The molecule has 104 valence electrons. The molecule has 0 saturated carbocycles.